The van der Waals surface area contributed by atoms with Crippen molar-refractivity contribution in [3.05, 3.63) is 58.1 Å². The van der Waals surface area contributed by atoms with Gasteiger partial charge in [0.2, 0.25) is 5.91 Å². The number of nitrogens with one attached hydrogen (secondary N) is 2. The van der Waals surface area contributed by atoms with Crippen molar-refractivity contribution >= 4 is 34.8 Å². The van der Waals surface area contributed by atoms with Crippen LogP contribution in [0.3, 0.4) is 0 Å². The minimum Gasteiger partial charge on any atom is -0.495 e. The molecule has 1 atom stereocenters. The molecule has 1 aliphatic heterocycles. The number of anilines is 1. The molecule has 1 heterocycles. The van der Waals surface area contributed by atoms with Crippen molar-refractivity contribution in [2.75, 3.05) is 38.6 Å². The Morgan fingerprint density at radius 3 is 2.85 bits per heavy atom. The quantitative estimate of drug-likeness (QED) is 0.814. The zero-order chi connectivity index (χ0) is 18.5. The molecule has 138 valence electrons. The van der Waals surface area contributed by atoms with Gasteiger partial charge in [-0.2, -0.15) is 0 Å². The van der Waals surface area contributed by atoms with Gasteiger partial charge in [0, 0.05) is 35.7 Å². The lowest BCUT2D eigenvalue weighted by atomic mass is 10.0. The molecule has 7 heteroatoms. The Balaban J connectivity index is 1.72. The van der Waals surface area contributed by atoms with Crippen molar-refractivity contribution in [2.24, 2.45) is 0 Å². The smallest absolute Gasteiger partial charge is 0.238 e. The third-order valence-electron chi connectivity index (χ3n) is 4.37. The third-order valence-corrected chi connectivity index (χ3v) is 4.84. The fourth-order valence-electron chi connectivity index (χ4n) is 3.13. The fourth-order valence-corrected chi connectivity index (χ4v) is 3.50. The summed E-state index contributed by atoms with van der Waals surface area (Å²) >= 11 is 12.2. The zero-order valence-corrected chi connectivity index (χ0v) is 16.0. The van der Waals surface area contributed by atoms with Crippen LogP contribution in [-0.2, 0) is 4.79 Å². The lowest BCUT2D eigenvalue weighted by Gasteiger charge is -2.36. The number of halogens is 2. The second-order valence-electron chi connectivity index (χ2n) is 6.14. The number of methoxy groups -OCH3 is 1. The number of carbonyl (C=O) groups is 1. The zero-order valence-electron chi connectivity index (χ0n) is 14.5. The molecular formula is C19H21Cl2N3O2. The van der Waals surface area contributed by atoms with Crippen LogP contribution in [0.2, 0.25) is 10.0 Å². The van der Waals surface area contributed by atoms with Crippen LogP contribution in [0.5, 0.6) is 5.75 Å². The first-order valence-corrected chi connectivity index (χ1v) is 9.16. The Hall–Kier alpha value is -1.79. The van der Waals surface area contributed by atoms with E-state index in [0.717, 1.165) is 25.2 Å². The van der Waals surface area contributed by atoms with Crippen molar-refractivity contribution in [1.29, 1.82) is 0 Å². The standard InChI is InChI=1S/C19H21Cl2N3O2/c1-26-18-6-5-15(21)10-16(18)23-19(25)12-24-8-7-22-11-17(24)13-3-2-4-14(20)9-13/h2-6,9-10,17,22H,7-8,11-12H2,1H3,(H,23,25). The minimum absolute atomic E-state index is 0.0921. The highest BCUT2D eigenvalue weighted by atomic mass is 35.5. The molecule has 0 bridgehead atoms. The van der Waals surface area contributed by atoms with E-state index < -0.39 is 0 Å². The SMILES string of the molecule is COc1ccc(Cl)cc1NC(=O)CN1CCNCC1c1cccc(Cl)c1. The monoisotopic (exact) mass is 393 g/mol. The van der Waals surface area contributed by atoms with Crippen LogP contribution in [0.4, 0.5) is 5.69 Å². The summed E-state index contributed by atoms with van der Waals surface area (Å²) in [7, 11) is 1.56. The maximum atomic E-state index is 12.6. The molecule has 0 spiro atoms. The number of carbonyl (C=O) groups excluding carboxylic acids is 1. The highest BCUT2D eigenvalue weighted by Crippen LogP contribution is 2.28. The maximum absolute atomic E-state index is 12.6. The number of ether oxygens (including phenoxy) is 1. The van der Waals surface area contributed by atoms with E-state index in [2.05, 4.69) is 15.5 Å². The van der Waals surface area contributed by atoms with Gasteiger partial charge in [0.05, 0.1) is 19.3 Å². The van der Waals surface area contributed by atoms with Gasteiger partial charge in [0.25, 0.3) is 0 Å². The molecule has 0 aliphatic carbocycles. The van der Waals surface area contributed by atoms with Crippen LogP contribution < -0.4 is 15.4 Å². The van der Waals surface area contributed by atoms with Crippen molar-refractivity contribution in [3.63, 3.8) is 0 Å². The van der Waals surface area contributed by atoms with Gasteiger partial charge in [0.1, 0.15) is 5.75 Å². The van der Waals surface area contributed by atoms with Crippen LogP contribution in [0, 0.1) is 0 Å². The molecule has 1 unspecified atom stereocenters. The molecule has 2 N–H and O–H groups in total. The minimum atomic E-state index is -0.112. The molecule has 3 rings (SSSR count). The summed E-state index contributed by atoms with van der Waals surface area (Å²) in [5, 5.41) is 7.51. The summed E-state index contributed by atoms with van der Waals surface area (Å²) < 4.78 is 5.28. The predicted octanol–water partition coefficient (Wildman–Crippen LogP) is 3.59. The van der Waals surface area contributed by atoms with Crippen LogP contribution in [-0.4, -0.2) is 44.1 Å². The van der Waals surface area contributed by atoms with Crippen molar-refractivity contribution in [2.45, 2.75) is 6.04 Å². The normalized spacial score (nSPS) is 17.7. The van der Waals surface area contributed by atoms with Gasteiger partial charge in [0.15, 0.2) is 0 Å². The second kappa shape index (κ2) is 8.73. The van der Waals surface area contributed by atoms with Gasteiger partial charge in [-0.05, 0) is 35.9 Å². The van der Waals surface area contributed by atoms with Crippen molar-refractivity contribution in [3.8, 4) is 5.75 Å². The molecule has 2 aromatic carbocycles. The van der Waals surface area contributed by atoms with Crippen molar-refractivity contribution in [1.82, 2.24) is 10.2 Å². The highest BCUT2D eigenvalue weighted by Gasteiger charge is 2.26. The molecule has 5 nitrogen and oxygen atoms in total. The van der Waals surface area contributed by atoms with E-state index in [9.17, 15) is 4.79 Å². The Kier molecular flexibility index (Phi) is 6.38. The Labute approximate surface area is 163 Å². The molecule has 2 aromatic rings. The van der Waals surface area contributed by atoms with Crippen LogP contribution in [0.1, 0.15) is 11.6 Å². The number of nitrogens with zero attached hydrogens (tertiary/aromatic N) is 1. The van der Waals surface area contributed by atoms with E-state index in [1.54, 1.807) is 25.3 Å². The van der Waals surface area contributed by atoms with Gasteiger partial charge in [-0.1, -0.05) is 35.3 Å². The number of hydrogen-bond donors (Lipinski definition) is 2. The molecule has 0 radical (unpaired) electrons. The lowest BCUT2D eigenvalue weighted by Crippen LogP contribution is -2.48. The average molecular weight is 394 g/mol. The summed E-state index contributed by atoms with van der Waals surface area (Å²) in [6.07, 6.45) is 0. The molecule has 1 fully saturated rings. The number of piperazine rings is 1. The number of amides is 1. The largest absolute Gasteiger partial charge is 0.495 e. The van der Waals surface area contributed by atoms with Gasteiger partial charge < -0.3 is 15.4 Å². The highest BCUT2D eigenvalue weighted by molar-refractivity contribution is 6.31. The first-order chi connectivity index (χ1) is 12.6. The van der Waals surface area contributed by atoms with Crippen LogP contribution in [0.25, 0.3) is 0 Å². The topological polar surface area (TPSA) is 53.6 Å². The van der Waals surface area contributed by atoms with E-state index in [0.29, 0.717) is 21.5 Å². The third kappa shape index (κ3) is 4.68. The fraction of sp³-hybridized carbons (Fsp3) is 0.316. The van der Waals surface area contributed by atoms with Gasteiger partial charge in [-0.3, -0.25) is 9.69 Å². The Morgan fingerprint density at radius 1 is 1.27 bits per heavy atom. The first-order valence-electron chi connectivity index (χ1n) is 8.40. The van der Waals surface area contributed by atoms with E-state index >= 15 is 0 Å². The predicted molar refractivity (Wildman–Crippen MR) is 105 cm³/mol. The second-order valence-corrected chi connectivity index (χ2v) is 7.01. The molecule has 0 saturated carbocycles. The van der Waals surface area contributed by atoms with E-state index in [1.165, 1.54) is 0 Å². The van der Waals surface area contributed by atoms with E-state index in [4.69, 9.17) is 27.9 Å². The summed E-state index contributed by atoms with van der Waals surface area (Å²) in [5.74, 6) is 0.467. The molecular weight excluding hydrogens is 373 g/mol. The van der Waals surface area contributed by atoms with Crippen LogP contribution >= 0.6 is 23.2 Å². The van der Waals surface area contributed by atoms with E-state index in [1.807, 2.05) is 24.3 Å². The number of benzene rings is 2. The molecule has 0 aromatic heterocycles. The summed E-state index contributed by atoms with van der Waals surface area (Å²) in [4.78, 5) is 14.8. The number of hydrogen-bond acceptors (Lipinski definition) is 4. The van der Waals surface area contributed by atoms with Gasteiger partial charge in [-0.15, -0.1) is 0 Å². The first kappa shape index (κ1) is 19.0. The number of rotatable bonds is 5. The summed E-state index contributed by atoms with van der Waals surface area (Å²) in [6.45, 7) is 2.66. The van der Waals surface area contributed by atoms with E-state index in [-0.39, 0.29) is 18.5 Å². The Bertz CT molecular complexity index is 785. The van der Waals surface area contributed by atoms with Crippen molar-refractivity contribution < 1.29 is 9.53 Å². The molecule has 26 heavy (non-hydrogen) atoms. The summed E-state index contributed by atoms with van der Waals surface area (Å²) in [5.41, 5.74) is 1.66. The summed E-state index contributed by atoms with van der Waals surface area (Å²) in [6, 6.07) is 13.0. The average Bonchev–Trinajstić information content (AvgIpc) is 2.62. The Morgan fingerprint density at radius 2 is 2.08 bits per heavy atom. The van der Waals surface area contributed by atoms with Gasteiger partial charge in [-0.25, -0.2) is 0 Å². The molecule has 1 aliphatic rings. The molecule has 1 amide bonds. The van der Waals surface area contributed by atoms with Crippen LogP contribution in [0.15, 0.2) is 42.5 Å². The molecule has 1 saturated heterocycles. The maximum Gasteiger partial charge on any atom is 0.238 e. The van der Waals surface area contributed by atoms with Gasteiger partial charge >= 0.3 is 0 Å². The lowest BCUT2D eigenvalue weighted by molar-refractivity contribution is -0.118.